The van der Waals surface area contributed by atoms with Crippen LogP contribution in [0.4, 0.5) is 4.79 Å². The molecule has 1 unspecified atom stereocenters. The van der Waals surface area contributed by atoms with Gasteiger partial charge in [-0.2, -0.15) is 0 Å². The Morgan fingerprint density at radius 3 is 2.80 bits per heavy atom. The maximum atomic E-state index is 11.2. The predicted octanol–water partition coefficient (Wildman–Crippen LogP) is 0.396. The first kappa shape index (κ1) is 12.0. The summed E-state index contributed by atoms with van der Waals surface area (Å²) in [4.78, 5) is 11.2. The Bertz CT molecular complexity index is 348. The van der Waals surface area contributed by atoms with E-state index >= 15 is 0 Å². The molecule has 0 aliphatic carbocycles. The summed E-state index contributed by atoms with van der Waals surface area (Å²) < 4.78 is 22.0. The summed E-state index contributed by atoms with van der Waals surface area (Å²) in [6, 6.07) is -0.702. The van der Waals surface area contributed by atoms with Crippen molar-refractivity contribution in [1.29, 1.82) is 0 Å². The van der Waals surface area contributed by atoms with Gasteiger partial charge in [0.05, 0.1) is 11.8 Å². The van der Waals surface area contributed by atoms with Crippen LogP contribution in [0.1, 0.15) is 19.8 Å². The van der Waals surface area contributed by atoms with Gasteiger partial charge in [0.25, 0.3) is 0 Å². The van der Waals surface area contributed by atoms with Gasteiger partial charge in [0, 0.05) is 12.0 Å². The molecule has 0 saturated heterocycles. The lowest BCUT2D eigenvalue weighted by molar-refractivity contribution is 0.239. The summed E-state index contributed by atoms with van der Waals surface area (Å²) in [5.74, 6) is -0.0335. The Morgan fingerprint density at radius 1 is 1.53 bits per heavy atom. The average Bonchev–Trinajstić information content (AvgIpc) is 2.46. The number of urea groups is 1. The highest BCUT2D eigenvalue weighted by Crippen LogP contribution is 2.07. The third-order valence-corrected chi connectivity index (χ3v) is 3.46. The zero-order chi connectivity index (χ0) is 11.3. The molecular weight excluding hydrogens is 216 g/mol. The molecule has 0 bridgehead atoms. The first-order valence-electron chi connectivity index (χ1n) is 4.99. The van der Waals surface area contributed by atoms with E-state index < -0.39 is 15.9 Å². The van der Waals surface area contributed by atoms with E-state index in [2.05, 4.69) is 10.6 Å². The van der Waals surface area contributed by atoms with E-state index in [9.17, 15) is 13.2 Å². The van der Waals surface area contributed by atoms with Crippen LogP contribution in [0.15, 0.2) is 11.5 Å². The Hall–Kier alpha value is -1.04. The number of nitrogens with one attached hydrogen (secondary N) is 2. The molecule has 6 heteroatoms. The molecule has 0 saturated carbocycles. The lowest BCUT2D eigenvalue weighted by Crippen LogP contribution is -2.42. The van der Waals surface area contributed by atoms with Crippen molar-refractivity contribution in [3.63, 3.8) is 0 Å². The van der Waals surface area contributed by atoms with Crippen LogP contribution in [0.25, 0.3) is 0 Å². The molecule has 5 nitrogen and oxygen atoms in total. The number of unbranched alkanes of at least 4 members (excludes halogenated alkanes) is 1. The molecule has 0 spiro atoms. The summed E-state index contributed by atoms with van der Waals surface area (Å²) in [6.07, 6.45) is 3.43. The Labute approximate surface area is 89.8 Å². The molecule has 1 aliphatic rings. The molecule has 1 aliphatic heterocycles. The summed E-state index contributed by atoms with van der Waals surface area (Å²) in [5.41, 5.74) is 0. The van der Waals surface area contributed by atoms with Crippen molar-refractivity contribution in [2.75, 3.05) is 12.3 Å². The van der Waals surface area contributed by atoms with Crippen LogP contribution in [0.2, 0.25) is 0 Å². The van der Waals surface area contributed by atoms with Gasteiger partial charge in [0.15, 0.2) is 9.84 Å². The van der Waals surface area contributed by atoms with Crippen molar-refractivity contribution in [3.8, 4) is 0 Å². The first-order chi connectivity index (χ1) is 7.03. The highest BCUT2D eigenvalue weighted by atomic mass is 32.2. The minimum Gasteiger partial charge on any atom is -0.338 e. The number of hydrogen-bond acceptors (Lipinski definition) is 3. The largest absolute Gasteiger partial charge is 0.338 e. The standard InChI is InChI=1S/C9H16N2O3S/c1-2-3-5-10-9(12)11-8-4-6-15(13,14)7-8/h4,6,8H,2-3,5,7H2,1H3,(H2,10,11,12). The molecular formula is C9H16N2O3S. The van der Waals surface area contributed by atoms with Gasteiger partial charge in [0.2, 0.25) is 0 Å². The predicted molar refractivity (Wildman–Crippen MR) is 58.2 cm³/mol. The average molecular weight is 232 g/mol. The van der Waals surface area contributed by atoms with Gasteiger partial charge in [-0.25, -0.2) is 13.2 Å². The number of sulfone groups is 1. The number of hydrogen-bond donors (Lipinski definition) is 2. The van der Waals surface area contributed by atoms with Crippen LogP contribution in [0, 0.1) is 0 Å². The van der Waals surface area contributed by atoms with Gasteiger partial charge in [-0.05, 0) is 12.5 Å². The maximum Gasteiger partial charge on any atom is 0.315 e. The second-order valence-electron chi connectivity index (χ2n) is 3.52. The number of rotatable bonds is 4. The van der Waals surface area contributed by atoms with E-state index in [1.54, 1.807) is 0 Å². The van der Waals surface area contributed by atoms with Crippen molar-refractivity contribution in [1.82, 2.24) is 10.6 Å². The van der Waals surface area contributed by atoms with Gasteiger partial charge < -0.3 is 10.6 Å². The third-order valence-electron chi connectivity index (χ3n) is 2.06. The minimum atomic E-state index is -3.09. The van der Waals surface area contributed by atoms with Gasteiger partial charge in [-0.15, -0.1) is 0 Å². The second kappa shape index (κ2) is 5.16. The van der Waals surface area contributed by atoms with Crippen LogP contribution in [0.3, 0.4) is 0 Å². The molecule has 0 fully saturated rings. The van der Waals surface area contributed by atoms with E-state index in [4.69, 9.17) is 0 Å². The van der Waals surface area contributed by atoms with Crippen LogP contribution in [-0.2, 0) is 9.84 Å². The summed E-state index contributed by atoms with van der Waals surface area (Å²) in [6.45, 7) is 2.65. The van der Waals surface area contributed by atoms with E-state index in [0.29, 0.717) is 6.54 Å². The number of carbonyl (C=O) groups excluding carboxylic acids is 1. The smallest absolute Gasteiger partial charge is 0.315 e. The maximum absolute atomic E-state index is 11.2. The summed E-state index contributed by atoms with van der Waals surface area (Å²) >= 11 is 0. The van der Waals surface area contributed by atoms with Crippen LogP contribution < -0.4 is 10.6 Å². The topological polar surface area (TPSA) is 75.3 Å². The number of carbonyl (C=O) groups is 1. The molecule has 86 valence electrons. The lowest BCUT2D eigenvalue weighted by atomic mass is 10.3. The zero-order valence-electron chi connectivity index (χ0n) is 8.69. The Morgan fingerprint density at radius 2 is 2.27 bits per heavy atom. The van der Waals surface area contributed by atoms with Crippen molar-refractivity contribution in [2.24, 2.45) is 0 Å². The van der Waals surface area contributed by atoms with E-state index in [0.717, 1.165) is 18.2 Å². The SMILES string of the molecule is CCCCNC(=O)NC1C=CS(=O)(=O)C1. The van der Waals surface area contributed by atoms with Crippen LogP contribution in [0.5, 0.6) is 0 Å². The zero-order valence-corrected chi connectivity index (χ0v) is 9.51. The molecule has 0 radical (unpaired) electrons. The van der Waals surface area contributed by atoms with Crippen molar-refractivity contribution < 1.29 is 13.2 Å². The van der Waals surface area contributed by atoms with Gasteiger partial charge in [-0.1, -0.05) is 13.3 Å². The summed E-state index contributed by atoms with van der Waals surface area (Å²) in [5, 5.41) is 6.38. The molecule has 2 N–H and O–H groups in total. The fourth-order valence-electron chi connectivity index (χ4n) is 1.26. The summed E-state index contributed by atoms with van der Waals surface area (Å²) in [7, 11) is -3.09. The van der Waals surface area contributed by atoms with Gasteiger partial charge in [-0.3, -0.25) is 0 Å². The highest BCUT2D eigenvalue weighted by molar-refractivity contribution is 7.94. The van der Waals surface area contributed by atoms with Gasteiger partial charge >= 0.3 is 6.03 Å². The quantitative estimate of drug-likeness (QED) is 0.689. The van der Waals surface area contributed by atoms with Crippen molar-refractivity contribution in [2.45, 2.75) is 25.8 Å². The van der Waals surface area contributed by atoms with E-state index in [-0.39, 0.29) is 11.8 Å². The fraction of sp³-hybridized carbons (Fsp3) is 0.667. The van der Waals surface area contributed by atoms with Crippen molar-refractivity contribution in [3.05, 3.63) is 11.5 Å². The molecule has 1 heterocycles. The van der Waals surface area contributed by atoms with E-state index in [1.807, 2.05) is 6.92 Å². The molecule has 0 aromatic heterocycles. The normalized spacial score (nSPS) is 22.6. The molecule has 1 rings (SSSR count). The molecule has 2 amide bonds. The van der Waals surface area contributed by atoms with Crippen LogP contribution >= 0.6 is 0 Å². The van der Waals surface area contributed by atoms with E-state index in [1.165, 1.54) is 6.08 Å². The van der Waals surface area contributed by atoms with Crippen molar-refractivity contribution >= 4 is 15.9 Å². The third kappa shape index (κ3) is 4.33. The number of amides is 2. The molecule has 15 heavy (non-hydrogen) atoms. The monoisotopic (exact) mass is 232 g/mol. The molecule has 0 aromatic rings. The Balaban J connectivity index is 2.26. The first-order valence-corrected chi connectivity index (χ1v) is 6.70. The Kier molecular flexibility index (Phi) is 4.14. The highest BCUT2D eigenvalue weighted by Gasteiger charge is 2.22. The second-order valence-corrected chi connectivity index (χ2v) is 5.45. The van der Waals surface area contributed by atoms with Crippen LogP contribution in [-0.4, -0.2) is 32.8 Å². The minimum absolute atomic E-state index is 0.0335. The fourth-order valence-corrected chi connectivity index (χ4v) is 2.50. The molecule has 0 aromatic carbocycles. The molecule has 1 atom stereocenters. The lowest BCUT2D eigenvalue weighted by Gasteiger charge is -2.10. The van der Waals surface area contributed by atoms with Gasteiger partial charge in [0.1, 0.15) is 0 Å².